The molecule has 2 rings (SSSR count). The molecule has 1 aromatic rings. The summed E-state index contributed by atoms with van der Waals surface area (Å²) in [6, 6.07) is 9.81. The van der Waals surface area contributed by atoms with Gasteiger partial charge in [-0.25, -0.2) is 0 Å². The van der Waals surface area contributed by atoms with Gasteiger partial charge in [-0.1, -0.05) is 30.3 Å². The van der Waals surface area contributed by atoms with Crippen LogP contribution in [-0.4, -0.2) is 29.3 Å². The molecule has 1 heterocycles. The molecule has 1 aliphatic rings. The molecule has 1 aromatic carbocycles. The minimum Gasteiger partial charge on any atom is -0.369 e. The molecule has 2 amide bonds. The van der Waals surface area contributed by atoms with Crippen LogP contribution in [0.25, 0.3) is 0 Å². The number of nitrogens with zero attached hydrogens (tertiary/aromatic N) is 1. The second-order valence-corrected chi connectivity index (χ2v) is 6.13. The highest BCUT2D eigenvalue weighted by Gasteiger charge is 2.31. The molecule has 4 N–H and O–H groups in total. The summed E-state index contributed by atoms with van der Waals surface area (Å²) in [7, 11) is 0. The highest BCUT2D eigenvalue weighted by Crippen LogP contribution is 2.24. The summed E-state index contributed by atoms with van der Waals surface area (Å²) >= 11 is 0. The molecule has 0 saturated carbocycles. The third-order valence-electron chi connectivity index (χ3n) is 4.50. The van der Waals surface area contributed by atoms with Gasteiger partial charge in [-0.3, -0.25) is 9.59 Å². The average molecular weight is 303 g/mol. The van der Waals surface area contributed by atoms with Crippen molar-refractivity contribution in [3.05, 3.63) is 35.9 Å². The van der Waals surface area contributed by atoms with Crippen LogP contribution in [0.15, 0.2) is 30.3 Å². The van der Waals surface area contributed by atoms with Crippen molar-refractivity contribution < 1.29 is 9.59 Å². The van der Waals surface area contributed by atoms with E-state index in [1.165, 1.54) is 0 Å². The first-order valence-electron chi connectivity index (χ1n) is 7.88. The molecule has 1 aliphatic heterocycles. The SMILES string of the molecule is C[C@@H]1CC[C@@H](C(N)=O)CN1C(=O)CC[C@@H](N)c1ccccc1. The maximum absolute atomic E-state index is 12.4. The molecule has 22 heavy (non-hydrogen) atoms. The number of hydrogen-bond donors (Lipinski definition) is 2. The first-order valence-corrected chi connectivity index (χ1v) is 7.88. The first kappa shape index (κ1) is 16.5. The maximum Gasteiger partial charge on any atom is 0.222 e. The maximum atomic E-state index is 12.4. The number of carbonyl (C=O) groups excluding carboxylic acids is 2. The predicted molar refractivity (Wildman–Crippen MR) is 85.7 cm³/mol. The van der Waals surface area contributed by atoms with Crippen molar-refractivity contribution in [1.82, 2.24) is 4.90 Å². The molecule has 120 valence electrons. The number of amides is 2. The lowest BCUT2D eigenvalue weighted by atomic mass is 9.92. The summed E-state index contributed by atoms with van der Waals surface area (Å²) in [6.45, 7) is 2.46. The first-order chi connectivity index (χ1) is 10.5. The van der Waals surface area contributed by atoms with Gasteiger partial charge in [-0.15, -0.1) is 0 Å². The van der Waals surface area contributed by atoms with Crippen molar-refractivity contribution in [1.29, 1.82) is 0 Å². The molecule has 0 unspecified atom stereocenters. The lowest BCUT2D eigenvalue weighted by Gasteiger charge is -2.37. The number of carbonyl (C=O) groups is 2. The fraction of sp³-hybridized carbons (Fsp3) is 0.529. The minimum absolute atomic E-state index is 0.0600. The molecule has 5 nitrogen and oxygen atoms in total. The standard InChI is InChI=1S/C17H25N3O2/c1-12-7-8-14(17(19)22)11-20(12)16(21)10-9-15(18)13-5-3-2-4-6-13/h2-6,12,14-15H,7-11,18H2,1H3,(H2,19,22)/t12-,14-,15-/m1/s1. The number of primary amides is 1. The second kappa shape index (κ2) is 7.40. The number of hydrogen-bond acceptors (Lipinski definition) is 3. The van der Waals surface area contributed by atoms with Crippen molar-refractivity contribution in [3.8, 4) is 0 Å². The van der Waals surface area contributed by atoms with E-state index in [0.29, 0.717) is 19.4 Å². The molecule has 0 radical (unpaired) electrons. The Morgan fingerprint density at radius 3 is 2.59 bits per heavy atom. The normalized spacial score (nSPS) is 23.1. The molecule has 1 fully saturated rings. The Kier molecular flexibility index (Phi) is 5.55. The Labute approximate surface area is 131 Å². The van der Waals surface area contributed by atoms with E-state index in [1.807, 2.05) is 37.3 Å². The Hall–Kier alpha value is -1.88. The van der Waals surface area contributed by atoms with E-state index >= 15 is 0 Å². The Morgan fingerprint density at radius 2 is 1.95 bits per heavy atom. The van der Waals surface area contributed by atoms with Crippen LogP contribution in [0.3, 0.4) is 0 Å². The molecular formula is C17H25N3O2. The van der Waals surface area contributed by atoms with Gasteiger partial charge in [0.2, 0.25) is 11.8 Å². The largest absolute Gasteiger partial charge is 0.369 e. The zero-order valence-corrected chi connectivity index (χ0v) is 13.1. The predicted octanol–water partition coefficient (Wildman–Crippen LogP) is 1.58. The van der Waals surface area contributed by atoms with Crippen LogP contribution in [-0.2, 0) is 9.59 Å². The summed E-state index contributed by atoms with van der Waals surface area (Å²) in [5, 5.41) is 0. The van der Waals surface area contributed by atoms with Gasteiger partial charge in [0.1, 0.15) is 0 Å². The van der Waals surface area contributed by atoms with Crippen molar-refractivity contribution in [2.45, 2.75) is 44.7 Å². The topological polar surface area (TPSA) is 89.4 Å². The van der Waals surface area contributed by atoms with Crippen molar-refractivity contribution in [2.24, 2.45) is 17.4 Å². The van der Waals surface area contributed by atoms with E-state index in [0.717, 1.165) is 18.4 Å². The summed E-state index contributed by atoms with van der Waals surface area (Å²) < 4.78 is 0. The highest BCUT2D eigenvalue weighted by atomic mass is 16.2. The Balaban J connectivity index is 1.89. The lowest BCUT2D eigenvalue weighted by molar-refractivity contribution is -0.137. The van der Waals surface area contributed by atoms with Gasteiger partial charge >= 0.3 is 0 Å². The van der Waals surface area contributed by atoms with Crippen molar-refractivity contribution in [3.63, 3.8) is 0 Å². The summed E-state index contributed by atoms with van der Waals surface area (Å²) in [6.07, 6.45) is 2.59. The number of likely N-dealkylation sites (tertiary alicyclic amines) is 1. The zero-order valence-electron chi connectivity index (χ0n) is 13.1. The van der Waals surface area contributed by atoms with Crippen molar-refractivity contribution in [2.75, 3.05) is 6.54 Å². The quantitative estimate of drug-likeness (QED) is 0.865. The minimum atomic E-state index is -0.314. The van der Waals surface area contributed by atoms with Gasteiger partial charge in [0.05, 0.1) is 5.92 Å². The monoisotopic (exact) mass is 303 g/mol. The van der Waals surface area contributed by atoms with Gasteiger partial charge < -0.3 is 16.4 Å². The van der Waals surface area contributed by atoms with Crippen LogP contribution < -0.4 is 11.5 Å². The second-order valence-electron chi connectivity index (χ2n) is 6.13. The average Bonchev–Trinajstić information content (AvgIpc) is 2.53. The Bertz CT molecular complexity index is 518. The smallest absolute Gasteiger partial charge is 0.222 e. The van der Waals surface area contributed by atoms with Crippen LogP contribution in [0.1, 0.15) is 44.2 Å². The van der Waals surface area contributed by atoms with Gasteiger partial charge in [-0.05, 0) is 31.7 Å². The van der Waals surface area contributed by atoms with E-state index in [4.69, 9.17) is 11.5 Å². The summed E-state index contributed by atoms with van der Waals surface area (Å²) in [5.41, 5.74) is 12.6. The van der Waals surface area contributed by atoms with Crippen LogP contribution >= 0.6 is 0 Å². The van der Waals surface area contributed by atoms with Crippen LogP contribution in [0.5, 0.6) is 0 Å². The van der Waals surface area contributed by atoms with E-state index in [1.54, 1.807) is 4.90 Å². The fourth-order valence-corrected chi connectivity index (χ4v) is 2.98. The number of nitrogens with two attached hydrogens (primary N) is 2. The number of benzene rings is 1. The molecule has 0 aliphatic carbocycles. The van der Waals surface area contributed by atoms with E-state index in [2.05, 4.69) is 0 Å². The molecule has 0 spiro atoms. The molecular weight excluding hydrogens is 278 g/mol. The summed E-state index contributed by atoms with van der Waals surface area (Å²) in [4.78, 5) is 25.6. The third-order valence-corrected chi connectivity index (χ3v) is 4.50. The van der Waals surface area contributed by atoms with Crippen LogP contribution in [0.2, 0.25) is 0 Å². The van der Waals surface area contributed by atoms with Gasteiger partial charge in [-0.2, -0.15) is 0 Å². The molecule has 5 heteroatoms. The molecule has 0 aromatic heterocycles. The fourth-order valence-electron chi connectivity index (χ4n) is 2.98. The molecule has 1 saturated heterocycles. The van der Waals surface area contributed by atoms with Gasteiger partial charge in [0, 0.05) is 25.0 Å². The van der Waals surface area contributed by atoms with Crippen LogP contribution in [0, 0.1) is 5.92 Å². The van der Waals surface area contributed by atoms with Crippen LogP contribution in [0.4, 0.5) is 0 Å². The van der Waals surface area contributed by atoms with Crippen molar-refractivity contribution >= 4 is 11.8 Å². The Morgan fingerprint density at radius 1 is 1.27 bits per heavy atom. The molecule has 0 bridgehead atoms. The molecule has 3 atom stereocenters. The zero-order chi connectivity index (χ0) is 16.1. The van der Waals surface area contributed by atoms with E-state index in [9.17, 15) is 9.59 Å². The van der Waals surface area contributed by atoms with Gasteiger partial charge in [0.15, 0.2) is 0 Å². The number of rotatable bonds is 5. The third kappa shape index (κ3) is 4.07. The summed E-state index contributed by atoms with van der Waals surface area (Å²) in [5.74, 6) is -0.474. The highest BCUT2D eigenvalue weighted by molar-refractivity contribution is 5.80. The van der Waals surface area contributed by atoms with E-state index in [-0.39, 0.29) is 29.8 Å². The lowest BCUT2D eigenvalue weighted by Crippen LogP contribution is -2.48. The number of piperidine rings is 1. The van der Waals surface area contributed by atoms with E-state index < -0.39 is 0 Å². The van der Waals surface area contributed by atoms with Gasteiger partial charge in [0.25, 0.3) is 0 Å².